The molecule has 2 aromatic rings. The van der Waals surface area contributed by atoms with E-state index in [1.807, 2.05) is 27.7 Å². The number of phenolic OH excluding ortho intramolecular Hbond substituents is 4. The van der Waals surface area contributed by atoms with Crippen LogP contribution in [-0.2, 0) is 6.42 Å². The van der Waals surface area contributed by atoms with Gasteiger partial charge in [0.05, 0.1) is 0 Å². The second-order valence-electron chi connectivity index (χ2n) is 6.96. The Bertz CT molecular complexity index is 761. The molecule has 2 aromatic carbocycles. The smallest absolute Gasteiger partial charge is 0.123 e. The van der Waals surface area contributed by atoms with Crippen molar-refractivity contribution in [1.29, 1.82) is 0 Å². The average molecular weight is 330 g/mol. The minimum Gasteiger partial charge on any atom is -0.508 e. The van der Waals surface area contributed by atoms with Crippen LogP contribution in [0.5, 0.6) is 23.0 Å². The molecule has 0 aliphatic rings. The van der Waals surface area contributed by atoms with Crippen LogP contribution in [0, 0.1) is 6.92 Å². The standard InChI is InChI=1S/C20H26O4/c1-10(2)14-8-18(22)13(7-19(14)23)6-16-12(5)17(21)9-15(11(3)4)20(16)24/h7-11,21-24H,6H2,1-5H3. The maximum atomic E-state index is 10.6. The molecule has 0 fully saturated rings. The zero-order valence-electron chi connectivity index (χ0n) is 14.9. The van der Waals surface area contributed by atoms with Crippen molar-refractivity contribution in [3.05, 3.63) is 46.0 Å². The molecular formula is C20H26O4. The van der Waals surface area contributed by atoms with Gasteiger partial charge in [-0.1, -0.05) is 27.7 Å². The lowest BCUT2D eigenvalue weighted by molar-refractivity contribution is 0.438. The van der Waals surface area contributed by atoms with Crippen LogP contribution in [0.15, 0.2) is 18.2 Å². The van der Waals surface area contributed by atoms with Crippen LogP contribution in [0.25, 0.3) is 0 Å². The van der Waals surface area contributed by atoms with E-state index in [-0.39, 0.29) is 41.3 Å². The van der Waals surface area contributed by atoms with Gasteiger partial charge in [0.1, 0.15) is 23.0 Å². The van der Waals surface area contributed by atoms with Crippen molar-refractivity contribution in [3.63, 3.8) is 0 Å². The summed E-state index contributed by atoms with van der Waals surface area (Å²) in [5.41, 5.74) is 2.98. The highest BCUT2D eigenvalue weighted by atomic mass is 16.3. The first kappa shape index (κ1) is 18.0. The zero-order chi connectivity index (χ0) is 18.2. The van der Waals surface area contributed by atoms with Gasteiger partial charge in [-0.2, -0.15) is 0 Å². The van der Waals surface area contributed by atoms with E-state index in [1.54, 1.807) is 19.1 Å². The molecule has 4 heteroatoms. The number of aromatic hydroxyl groups is 4. The lowest BCUT2D eigenvalue weighted by atomic mass is 9.90. The third kappa shape index (κ3) is 3.28. The topological polar surface area (TPSA) is 80.9 Å². The molecule has 0 saturated carbocycles. The van der Waals surface area contributed by atoms with Crippen LogP contribution < -0.4 is 0 Å². The fourth-order valence-corrected chi connectivity index (χ4v) is 2.92. The number of benzene rings is 2. The van der Waals surface area contributed by atoms with E-state index >= 15 is 0 Å². The van der Waals surface area contributed by atoms with E-state index in [0.29, 0.717) is 27.8 Å². The van der Waals surface area contributed by atoms with Crippen LogP contribution in [0.1, 0.15) is 67.3 Å². The third-order valence-electron chi connectivity index (χ3n) is 4.53. The molecular weight excluding hydrogens is 304 g/mol. The molecule has 0 amide bonds. The summed E-state index contributed by atoms with van der Waals surface area (Å²) in [6, 6.07) is 4.68. The predicted molar refractivity (Wildman–Crippen MR) is 95.3 cm³/mol. The molecule has 0 saturated heterocycles. The van der Waals surface area contributed by atoms with E-state index in [9.17, 15) is 20.4 Å². The van der Waals surface area contributed by atoms with Gasteiger partial charge in [-0.25, -0.2) is 0 Å². The largest absolute Gasteiger partial charge is 0.508 e. The van der Waals surface area contributed by atoms with Crippen molar-refractivity contribution in [2.24, 2.45) is 0 Å². The minimum absolute atomic E-state index is 0.0561. The number of hydrogen-bond donors (Lipinski definition) is 4. The second kappa shape index (κ2) is 6.63. The van der Waals surface area contributed by atoms with Crippen LogP contribution in [0.4, 0.5) is 0 Å². The summed E-state index contributed by atoms with van der Waals surface area (Å²) in [5.74, 6) is 0.596. The minimum atomic E-state index is 0.0561. The van der Waals surface area contributed by atoms with Crippen molar-refractivity contribution in [2.45, 2.75) is 52.9 Å². The first-order valence-electron chi connectivity index (χ1n) is 8.22. The Kier molecular flexibility index (Phi) is 4.97. The number of rotatable bonds is 4. The molecule has 0 aliphatic heterocycles. The Labute approximate surface area is 143 Å². The van der Waals surface area contributed by atoms with Gasteiger partial charge < -0.3 is 20.4 Å². The monoisotopic (exact) mass is 330 g/mol. The fourth-order valence-electron chi connectivity index (χ4n) is 2.92. The maximum Gasteiger partial charge on any atom is 0.123 e. The molecule has 0 aliphatic carbocycles. The van der Waals surface area contributed by atoms with E-state index in [0.717, 1.165) is 0 Å². The molecule has 4 N–H and O–H groups in total. The van der Waals surface area contributed by atoms with Crippen LogP contribution in [0.3, 0.4) is 0 Å². The Hall–Kier alpha value is -2.36. The van der Waals surface area contributed by atoms with Crippen LogP contribution in [0.2, 0.25) is 0 Å². The molecule has 0 atom stereocenters. The second-order valence-corrected chi connectivity index (χ2v) is 6.96. The third-order valence-corrected chi connectivity index (χ3v) is 4.53. The first-order valence-corrected chi connectivity index (χ1v) is 8.22. The quantitative estimate of drug-likeness (QED) is 0.615. The van der Waals surface area contributed by atoms with Crippen molar-refractivity contribution >= 4 is 0 Å². The normalized spacial score (nSPS) is 11.5. The maximum absolute atomic E-state index is 10.6. The van der Waals surface area contributed by atoms with Gasteiger partial charge in [0.2, 0.25) is 0 Å². The Morgan fingerprint density at radius 1 is 0.750 bits per heavy atom. The molecule has 0 radical (unpaired) electrons. The number of phenols is 4. The molecule has 24 heavy (non-hydrogen) atoms. The summed E-state index contributed by atoms with van der Waals surface area (Å²) in [6.45, 7) is 9.49. The van der Waals surface area contributed by atoms with Gasteiger partial charge in [-0.15, -0.1) is 0 Å². The molecule has 0 unspecified atom stereocenters. The summed E-state index contributed by atoms with van der Waals surface area (Å²) in [5, 5.41) is 41.2. The summed E-state index contributed by atoms with van der Waals surface area (Å²) in [4.78, 5) is 0. The summed E-state index contributed by atoms with van der Waals surface area (Å²) in [6.07, 6.45) is 0.226. The van der Waals surface area contributed by atoms with E-state index in [4.69, 9.17) is 0 Å². The molecule has 0 heterocycles. The summed E-state index contributed by atoms with van der Waals surface area (Å²) in [7, 11) is 0. The lowest BCUT2D eigenvalue weighted by Gasteiger charge is -2.18. The van der Waals surface area contributed by atoms with E-state index in [1.165, 1.54) is 6.07 Å². The van der Waals surface area contributed by atoms with Crippen molar-refractivity contribution < 1.29 is 20.4 Å². The van der Waals surface area contributed by atoms with Crippen molar-refractivity contribution in [3.8, 4) is 23.0 Å². The van der Waals surface area contributed by atoms with Crippen LogP contribution >= 0.6 is 0 Å². The highest BCUT2D eigenvalue weighted by molar-refractivity contribution is 5.56. The Balaban J connectivity index is 2.54. The molecule has 0 bridgehead atoms. The SMILES string of the molecule is Cc1c(O)cc(C(C)C)c(O)c1Cc1cc(O)c(C(C)C)cc1O. The van der Waals surface area contributed by atoms with Gasteiger partial charge in [0.15, 0.2) is 0 Å². The van der Waals surface area contributed by atoms with E-state index in [2.05, 4.69) is 0 Å². The summed E-state index contributed by atoms with van der Waals surface area (Å²) >= 11 is 0. The lowest BCUT2D eigenvalue weighted by Crippen LogP contribution is -2.00. The summed E-state index contributed by atoms with van der Waals surface area (Å²) < 4.78 is 0. The van der Waals surface area contributed by atoms with Crippen molar-refractivity contribution in [2.75, 3.05) is 0 Å². The zero-order valence-corrected chi connectivity index (χ0v) is 14.9. The Morgan fingerprint density at radius 3 is 1.83 bits per heavy atom. The highest BCUT2D eigenvalue weighted by Gasteiger charge is 2.19. The predicted octanol–water partition coefficient (Wildman–Crippen LogP) is 4.66. The fraction of sp³-hybridized carbons (Fsp3) is 0.400. The average Bonchev–Trinajstić information content (AvgIpc) is 2.49. The van der Waals surface area contributed by atoms with Crippen LogP contribution in [-0.4, -0.2) is 20.4 Å². The van der Waals surface area contributed by atoms with Gasteiger partial charge in [-0.05, 0) is 42.5 Å². The molecule has 4 nitrogen and oxygen atoms in total. The van der Waals surface area contributed by atoms with Gasteiger partial charge in [-0.3, -0.25) is 0 Å². The Morgan fingerprint density at radius 2 is 1.29 bits per heavy atom. The molecule has 2 rings (SSSR count). The molecule has 130 valence electrons. The van der Waals surface area contributed by atoms with Crippen molar-refractivity contribution in [1.82, 2.24) is 0 Å². The molecule has 0 aromatic heterocycles. The van der Waals surface area contributed by atoms with E-state index < -0.39 is 0 Å². The number of hydrogen-bond acceptors (Lipinski definition) is 4. The van der Waals surface area contributed by atoms with Gasteiger partial charge >= 0.3 is 0 Å². The van der Waals surface area contributed by atoms with Gasteiger partial charge in [0, 0.05) is 28.7 Å². The highest BCUT2D eigenvalue weighted by Crippen LogP contribution is 2.40. The first-order chi connectivity index (χ1) is 11.1. The van der Waals surface area contributed by atoms with Gasteiger partial charge in [0.25, 0.3) is 0 Å². The molecule has 0 spiro atoms.